The number of ether oxygens (including phenoxy) is 1. The molecule has 2 unspecified atom stereocenters. The van der Waals surface area contributed by atoms with E-state index in [2.05, 4.69) is 43.7 Å². The lowest BCUT2D eigenvalue weighted by molar-refractivity contribution is -0.134. The average molecular weight is 475 g/mol. The number of aromatic nitrogens is 5. The van der Waals surface area contributed by atoms with Crippen LogP contribution in [0, 0.1) is 6.92 Å². The molecule has 3 aliphatic rings. The molecular formula is C24H26N8O3. The molecule has 0 bridgehead atoms. The van der Waals surface area contributed by atoms with Crippen LogP contribution in [0.2, 0.25) is 0 Å². The Balaban J connectivity index is 1.07. The smallest absolute Gasteiger partial charge is 0.338 e. The second-order valence-corrected chi connectivity index (χ2v) is 9.29. The number of fused-ring (bicyclic) bond motifs is 2. The fourth-order valence-corrected chi connectivity index (χ4v) is 5.29. The molecule has 0 saturated carbocycles. The number of nitrogens with one attached hydrogen (secondary N) is 1. The molecule has 2 atom stereocenters. The summed E-state index contributed by atoms with van der Waals surface area (Å²) in [7, 11) is 0. The number of pyridine rings is 1. The molecule has 1 amide bonds. The molecule has 180 valence electrons. The van der Waals surface area contributed by atoms with Gasteiger partial charge in [-0.2, -0.15) is 4.68 Å². The Hall–Kier alpha value is -3.70. The summed E-state index contributed by atoms with van der Waals surface area (Å²) in [6.45, 7) is 6.39. The zero-order valence-electron chi connectivity index (χ0n) is 19.4. The Morgan fingerprint density at radius 1 is 1.20 bits per heavy atom. The lowest BCUT2D eigenvalue weighted by Gasteiger charge is -2.47. The van der Waals surface area contributed by atoms with Crippen LogP contribution in [-0.2, 0) is 22.6 Å². The molecule has 2 aromatic heterocycles. The highest BCUT2D eigenvalue weighted by Crippen LogP contribution is 2.31. The van der Waals surface area contributed by atoms with Crippen molar-refractivity contribution < 1.29 is 14.3 Å². The number of esters is 1. The minimum atomic E-state index is -0.230. The Kier molecular flexibility index (Phi) is 5.50. The third-order valence-corrected chi connectivity index (χ3v) is 7.31. The fourth-order valence-electron chi connectivity index (χ4n) is 5.29. The van der Waals surface area contributed by atoms with Gasteiger partial charge in [0, 0.05) is 56.6 Å². The predicted octanol–water partition coefficient (Wildman–Crippen LogP) is 0.436. The number of carbonyl (C=O) groups is 2. The van der Waals surface area contributed by atoms with Gasteiger partial charge in [0.15, 0.2) is 5.82 Å². The summed E-state index contributed by atoms with van der Waals surface area (Å²) in [5.41, 5.74) is 4.92. The highest BCUT2D eigenvalue weighted by atomic mass is 16.5. The number of carbonyl (C=O) groups excluding carboxylic acids is 2. The van der Waals surface area contributed by atoms with E-state index < -0.39 is 0 Å². The van der Waals surface area contributed by atoms with E-state index in [1.54, 1.807) is 6.20 Å². The highest BCUT2D eigenvalue weighted by Gasteiger charge is 2.36. The van der Waals surface area contributed by atoms with E-state index in [0.29, 0.717) is 37.5 Å². The van der Waals surface area contributed by atoms with Crippen LogP contribution >= 0.6 is 0 Å². The van der Waals surface area contributed by atoms with Gasteiger partial charge in [-0.25, -0.2) is 9.78 Å². The van der Waals surface area contributed by atoms with E-state index >= 15 is 0 Å². The van der Waals surface area contributed by atoms with E-state index in [1.807, 2.05) is 23.1 Å². The van der Waals surface area contributed by atoms with E-state index in [-0.39, 0.29) is 24.0 Å². The first-order chi connectivity index (χ1) is 17.1. The van der Waals surface area contributed by atoms with Crippen LogP contribution < -0.4 is 5.32 Å². The number of cyclic esters (lactones) is 1. The number of nitrogens with zero attached hydrogens (tertiary/aromatic N) is 7. The normalized spacial score (nSPS) is 22.0. The molecule has 2 fully saturated rings. The topological polar surface area (TPSA) is 118 Å². The summed E-state index contributed by atoms with van der Waals surface area (Å²) >= 11 is 0. The number of tetrazole rings is 1. The van der Waals surface area contributed by atoms with Gasteiger partial charge in [-0.15, -0.1) is 5.10 Å². The van der Waals surface area contributed by atoms with Crippen molar-refractivity contribution in [3.8, 4) is 5.82 Å². The number of benzene rings is 1. The van der Waals surface area contributed by atoms with Gasteiger partial charge in [0.2, 0.25) is 5.91 Å². The average Bonchev–Trinajstić information content (AvgIpc) is 3.55. The van der Waals surface area contributed by atoms with Crippen molar-refractivity contribution in [3.05, 3.63) is 64.6 Å². The van der Waals surface area contributed by atoms with Crippen molar-refractivity contribution in [2.24, 2.45) is 0 Å². The van der Waals surface area contributed by atoms with Gasteiger partial charge in [0.1, 0.15) is 12.9 Å². The lowest BCUT2D eigenvalue weighted by Crippen LogP contribution is -2.62. The van der Waals surface area contributed by atoms with Gasteiger partial charge in [0.25, 0.3) is 0 Å². The van der Waals surface area contributed by atoms with E-state index in [0.717, 1.165) is 36.3 Å². The van der Waals surface area contributed by atoms with Crippen molar-refractivity contribution >= 4 is 11.9 Å². The zero-order valence-corrected chi connectivity index (χ0v) is 19.4. The molecule has 11 heteroatoms. The standard InChI is InChI=1S/C24H26N8O3/c1-15-18(3-4-19-20(15)13-35-24(19)34)21-12-30-6-7-31(11-17(30)10-25-21)23(33)8-16-2-5-22(26-9-16)32-14-27-28-29-32/h2-5,9,14,17,21,25H,6-8,10-13H2,1H3. The number of rotatable bonds is 4. The molecule has 11 nitrogen and oxygen atoms in total. The maximum Gasteiger partial charge on any atom is 0.338 e. The maximum atomic E-state index is 13.0. The second-order valence-electron chi connectivity index (χ2n) is 9.29. The summed E-state index contributed by atoms with van der Waals surface area (Å²) in [5.74, 6) is 0.495. The van der Waals surface area contributed by atoms with Crippen molar-refractivity contribution in [1.29, 1.82) is 0 Å². The SMILES string of the molecule is Cc1c(C2CN3CCN(C(=O)Cc4ccc(-n5cnnn5)nc4)CC3CN2)ccc2c1COC2=O. The van der Waals surface area contributed by atoms with Crippen molar-refractivity contribution in [2.75, 3.05) is 32.7 Å². The van der Waals surface area contributed by atoms with Gasteiger partial charge < -0.3 is 15.0 Å². The van der Waals surface area contributed by atoms with Crippen LogP contribution in [0.1, 0.15) is 38.7 Å². The van der Waals surface area contributed by atoms with Crippen LogP contribution in [0.3, 0.4) is 0 Å². The van der Waals surface area contributed by atoms with E-state index in [1.165, 1.54) is 16.6 Å². The molecule has 3 aromatic rings. The third-order valence-electron chi connectivity index (χ3n) is 7.31. The fraction of sp³-hybridized carbons (Fsp3) is 0.417. The highest BCUT2D eigenvalue weighted by molar-refractivity contribution is 5.94. The number of piperazine rings is 2. The first-order valence-electron chi connectivity index (χ1n) is 11.8. The predicted molar refractivity (Wildman–Crippen MR) is 124 cm³/mol. The summed E-state index contributed by atoms with van der Waals surface area (Å²) in [6, 6.07) is 8.12. The van der Waals surface area contributed by atoms with Crippen LogP contribution in [0.15, 0.2) is 36.8 Å². The minimum Gasteiger partial charge on any atom is -0.457 e. The van der Waals surface area contributed by atoms with Crippen LogP contribution in [0.5, 0.6) is 0 Å². The Labute approximate surface area is 202 Å². The molecule has 2 saturated heterocycles. The molecule has 1 N–H and O–H groups in total. The number of amides is 1. The third kappa shape index (κ3) is 4.06. The monoisotopic (exact) mass is 474 g/mol. The molecule has 1 aromatic carbocycles. The minimum absolute atomic E-state index is 0.114. The first kappa shape index (κ1) is 21.8. The largest absolute Gasteiger partial charge is 0.457 e. The van der Waals surface area contributed by atoms with Gasteiger partial charge in [0.05, 0.1) is 12.0 Å². The molecule has 3 aliphatic heterocycles. The summed E-state index contributed by atoms with van der Waals surface area (Å²) in [4.78, 5) is 33.7. The van der Waals surface area contributed by atoms with Crippen molar-refractivity contribution in [2.45, 2.75) is 32.0 Å². The number of hydrogen-bond donors (Lipinski definition) is 1. The summed E-state index contributed by atoms with van der Waals surface area (Å²) in [6.07, 6.45) is 3.51. The summed E-state index contributed by atoms with van der Waals surface area (Å²) < 4.78 is 6.69. The quantitative estimate of drug-likeness (QED) is 0.537. The van der Waals surface area contributed by atoms with Crippen LogP contribution in [-0.4, -0.2) is 85.6 Å². The molecule has 0 aliphatic carbocycles. The van der Waals surface area contributed by atoms with Gasteiger partial charge >= 0.3 is 5.97 Å². The van der Waals surface area contributed by atoms with E-state index in [4.69, 9.17) is 4.74 Å². The van der Waals surface area contributed by atoms with Crippen LogP contribution in [0.4, 0.5) is 0 Å². The molecule has 0 radical (unpaired) electrons. The van der Waals surface area contributed by atoms with Gasteiger partial charge in [-0.3, -0.25) is 9.69 Å². The first-order valence-corrected chi connectivity index (χ1v) is 11.8. The summed E-state index contributed by atoms with van der Waals surface area (Å²) in [5, 5.41) is 14.7. The van der Waals surface area contributed by atoms with Gasteiger partial charge in [-0.05, 0) is 46.2 Å². The molecular weight excluding hydrogens is 448 g/mol. The lowest BCUT2D eigenvalue weighted by atomic mass is 9.92. The molecule has 5 heterocycles. The van der Waals surface area contributed by atoms with Crippen LogP contribution in [0.25, 0.3) is 5.82 Å². The second kappa shape index (κ2) is 8.82. The number of hydrogen-bond acceptors (Lipinski definition) is 9. The maximum absolute atomic E-state index is 13.0. The van der Waals surface area contributed by atoms with Gasteiger partial charge in [-0.1, -0.05) is 12.1 Å². The Morgan fingerprint density at radius 2 is 2.11 bits per heavy atom. The Bertz CT molecular complexity index is 1260. The van der Waals surface area contributed by atoms with Crippen molar-refractivity contribution in [1.82, 2.24) is 40.3 Å². The molecule has 6 rings (SSSR count). The van der Waals surface area contributed by atoms with Crippen molar-refractivity contribution in [3.63, 3.8) is 0 Å². The molecule has 35 heavy (non-hydrogen) atoms. The zero-order chi connectivity index (χ0) is 23.9. The Morgan fingerprint density at radius 3 is 2.91 bits per heavy atom. The van der Waals surface area contributed by atoms with E-state index in [9.17, 15) is 9.59 Å². The molecule has 0 spiro atoms.